The van der Waals surface area contributed by atoms with Crippen molar-refractivity contribution in [2.75, 3.05) is 5.32 Å². The summed E-state index contributed by atoms with van der Waals surface area (Å²) in [5.41, 5.74) is 2.04. The first-order valence-corrected chi connectivity index (χ1v) is 10.0. The highest BCUT2D eigenvalue weighted by atomic mass is 79.9. The van der Waals surface area contributed by atoms with Gasteiger partial charge in [0.05, 0.1) is 0 Å². The van der Waals surface area contributed by atoms with Crippen LogP contribution in [0, 0.1) is 0 Å². The van der Waals surface area contributed by atoms with Crippen LogP contribution in [-0.4, -0.2) is 11.8 Å². The maximum atomic E-state index is 12.8. The highest BCUT2D eigenvalue weighted by Crippen LogP contribution is 2.16. The fourth-order valence-electron chi connectivity index (χ4n) is 2.40. The molecule has 28 heavy (non-hydrogen) atoms. The van der Waals surface area contributed by atoms with E-state index in [1.807, 2.05) is 42.5 Å². The van der Waals surface area contributed by atoms with Gasteiger partial charge in [0.2, 0.25) is 0 Å². The van der Waals surface area contributed by atoms with E-state index in [4.69, 9.17) is 0 Å². The molecule has 6 heteroatoms. The SMILES string of the molecule is O=C(Nc1ccc(Br)cc1)/C(=C/c1ccc(Br)cc1)NC(=O)c1ccccc1. The van der Waals surface area contributed by atoms with Crippen LogP contribution in [0.15, 0.2) is 93.5 Å². The third-order valence-electron chi connectivity index (χ3n) is 3.81. The van der Waals surface area contributed by atoms with Crippen LogP contribution >= 0.6 is 31.9 Å². The van der Waals surface area contributed by atoms with Gasteiger partial charge in [-0.3, -0.25) is 9.59 Å². The molecule has 0 aromatic heterocycles. The van der Waals surface area contributed by atoms with Gasteiger partial charge >= 0.3 is 0 Å². The minimum absolute atomic E-state index is 0.152. The quantitative estimate of drug-likeness (QED) is 0.447. The monoisotopic (exact) mass is 498 g/mol. The van der Waals surface area contributed by atoms with E-state index in [0.29, 0.717) is 11.3 Å². The van der Waals surface area contributed by atoms with E-state index in [2.05, 4.69) is 42.5 Å². The van der Waals surface area contributed by atoms with Gasteiger partial charge < -0.3 is 10.6 Å². The van der Waals surface area contributed by atoms with Gasteiger partial charge in [-0.25, -0.2) is 0 Å². The van der Waals surface area contributed by atoms with E-state index >= 15 is 0 Å². The Morgan fingerprint density at radius 3 is 1.93 bits per heavy atom. The van der Waals surface area contributed by atoms with Crippen molar-refractivity contribution in [1.29, 1.82) is 0 Å². The molecule has 0 aliphatic carbocycles. The minimum Gasteiger partial charge on any atom is -0.321 e. The first-order valence-electron chi connectivity index (χ1n) is 8.42. The Balaban J connectivity index is 1.86. The number of hydrogen-bond donors (Lipinski definition) is 2. The number of amides is 2. The van der Waals surface area contributed by atoms with Crippen molar-refractivity contribution < 1.29 is 9.59 Å². The summed E-state index contributed by atoms with van der Waals surface area (Å²) in [5.74, 6) is -0.760. The van der Waals surface area contributed by atoms with Gasteiger partial charge in [0, 0.05) is 20.2 Å². The molecule has 0 fully saturated rings. The molecule has 0 bridgehead atoms. The van der Waals surface area contributed by atoms with Gasteiger partial charge in [-0.15, -0.1) is 0 Å². The van der Waals surface area contributed by atoms with Crippen molar-refractivity contribution in [1.82, 2.24) is 5.32 Å². The van der Waals surface area contributed by atoms with Crippen LogP contribution < -0.4 is 10.6 Å². The van der Waals surface area contributed by atoms with Gasteiger partial charge in [0.25, 0.3) is 11.8 Å². The number of carbonyl (C=O) groups excluding carboxylic acids is 2. The zero-order chi connectivity index (χ0) is 19.9. The molecule has 3 aromatic carbocycles. The first kappa shape index (κ1) is 20.0. The fraction of sp³-hybridized carbons (Fsp3) is 0. The predicted octanol–water partition coefficient (Wildman–Crippen LogP) is 5.62. The summed E-state index contributed by atoms with van der Waals surface area (Å²) in [5, 5.41) is 5.52. The highest BCUT2D eigenvalue weighted by molar-refractivity contribution is 9.10. The van der Waals surface area contributed by atoms with Gasteiger partial charge in [0.1, 0.15) is 5.70 Å². The average molecular weight is 500 g/mol. The second-order valence-corrected chi connectivity index (χ2v) is 7.72. The standard InChI is InChI=1S/C22H16Br2N2O2/c23-17-8-6-15(7-9-17)14-20(26-21(27)16-4-2-1-3-5-16)22(28)25-19-12-10-18(24)11-13-19/h1-14H,(H,25,28)(H,26,27)/b20-14-. The molecule has 0 spiro atoms. The van der Waals surface area contributed by atoms with E-state index in [9.17, 15) is 9.59 Å². The lowest BCUT2D eigenvalue weighted by Gasteiger charge is -2.11. The summed E-state index contributed by atoms with van der Waals surface area (Å²) in [4.78, 5) is 25.4. The van der Waals surface area contributed by atoms with E-state index < -0.39 is 5.91 Å². The van der Waals surface area contributed by atoms with Gasteiger partial charge in [-0.2, -0.15) is 0 Å². The molecule has 0 saturated carbocycles. The van der Waals surface area contributed by atoms with Crippen molar-refractivity contribution in [2.45, 2.75) is 0 Å². The third-order valence-corrected chi connectivity index (χ3v) is 4.87. The van der Waals surface area contributed by atoms with Crippen LogP contribution in [-0.2, 0) is 4.79 Å². The van der Waals surface area contributed by atoms with E-state index in [1.54, 1.807) is 42.5 Å². The Bertz CT molecular complexity index is 999. The van der Waals surface area contributed by atoms with Gasteiger partial charge in [0.15, 0.2) is 0 Å². The summed E-state index contributed by atoms with van der Waals surface area (Å²) in [7, 11) is 0. The number of hydrogen-bond acceptors (Lipinski definition) is 2. The normalized spacial score (nSPS) is 11.0. The number of carbonyl (C=O) groups is 2. The number of nitrogens with one attached hydrogen (secondary N) is 2. The van der Waals surface area contributed by atoms with Crippen LogP contribution in [0.3, 0.4) is 0 Å². The minimum atomic E-state index is -0.408. The zero-order valence-electron chi connectivity index (χ0n) is 14.7. The van der Waals surface area contributed by atoms with Crippen molar-refractivity contribution in [3.8, 4) is 0 Å². The second kappa shape index (κ2) is 9.48. The molecular formula is C22H16Br2N2O2. The number of halogens is 2. The molecule has 0 atom stereocenters. The molecule has 3 aromatic rings. The largest absolute Gasteiger partial charge is 0.321 e. The van der Waals surface area contributed by atoms with Gasteiger partial charge in [-0.1, -0.05) is 62.2 Å². The summed E-state index contributed by atoms with van der Waals surface area (Å²) in [6, 6.07) is 23.4. The Morgan fingerprint density at radius 1 is 0.750 bits per heavy atom. The lowest BCUT2D eigenvalue weighted by Crippen LogP contribution is -2.30. The molecule has 0 aliphatic rings. The summed E-state index contributed by atoms with van der Waals surface area (Å²) in [6.45, 7) is 0. The Hall–Kier alpha value is -2.70. The Kier molecular flexibility index (Phi) is 6.79. The van der Waals surface area contributed by atoms with E-state index in [-0.39, 0.29) is 11.6 Å². The molecule has 0 aliphatic heterocycles. The number of benzene rings is 3. The van der Waals surface area contributed by atoms with E-state index in [1.165, 1.54) is 0 Å². The van der Waals surface area contributed by atoms with Crippen LogP contribution in [0.25, 0.3) is 6.08 Å². The van der Waals surface area contributed by atoms with Crippen LogP contribution in [0.5, 0.6) is 0 Å². The Morgan fingerprint density at radius 2 is 1.32 bits per heavy atom. The Labute approximate surface area is 179 Å². The lowest BCUT2D eigenvalue weighted by molar-refractivity contribution is -0.113. The number of anilines is 1. The molecule has 0 heterocycles. The van der Waals surface area contributed by atoms with Crippen LogP contribution in [0.2, 0.25) is 0 Å². The topological polar surface area (TPSA) is 58.2 Å². The molecule has 4 nitrogen and oxygen atoms in total. The van der Waals surface area contributed by atoms with Gasteiger partial charge in [-0.05, 0) is 60.2 Å². The lowest BCUT2D eigenvalue weighted by atomic mass is 10.1. The molecule has 2 N–H and O–H groups in total. The van der Waals surface area contributed by atoms with Crippen LogP contribution in [0.1, 0.15) is 15.9 Å². The smallest absolute Gasteiger partial charge is 0.272 e. The maximum absolute atomic E-state index is 12.8. The van der Waals surface area contributed by atoms with Crippen molar-refractivity contribution in [3.05, 3.63) is 105 Å². The highest BCUT2D eigenvalue weighted by Gasteiger charge is 2.15. The summed E-state index contributed by atoms with van der Waals surface area (Å²) < 4.78 is 1.84. The molecule has 2 amide bonds. The van der Waals surface area contributed by atoms with Crippen molar-refractivity contribution in [2.24, 2.45) is 0 Å². The molecule has 3 rings (SSSR count). The summed E-state index contributed by atoms with van der Waals surface area (Å²) in [6.07, 6.45) is 1.64. The summed E-state index contributed by atoms with van der Waals surface area (Å²) >= 11 is 6.75. The third kappa shape index (κ3) is 5.65. The molecule has 140 valence electrons. The zero-order valence-corrected chi connectivity index (χ0v) is 17.8. The van der Waals surface area contributed by atoms with Crippen molar-refractivity contribution in [3.63, 3.8) is 0 Å². The van der Waals surface area contributed by atoms with Crippen molar-refractivity contribution >= 4 is 55.4 Å². The first-order chi connectivity index (χ1) is 13.5. The fourth-order valence-corrected chi connectivity index (χ4v) is 2.93. The molecule has 0 saturated heterocycles. The second-order valence-electron chi connectivity index (χ2n) is 5.89. The maximum Gasteiger partial charge on any atom is 0.272 e. The average Bonchev–Trinajstić information content (AvgIpc) is 2.71. The number of rotatable bonds is 5. The predicted molar refractivity (Wildman–Crippen MR) is 119 cm³/mol. The molecular weight excluding hydrogens is 484 g/mol. The van der Waals surface area contributed by atoms with Crippen LogP contribution in [0.4, 0.5) is 5.69 Å². The molecule has 0 unspecified atom stereocenters. The van der Waals surface area contributed by atoms with E-state index in [0.717, 1.165) is 14.5 Å². The molecule has 0 radical (unpaired) electrons.